The van der Waals surface area contributed by atoms with Crippen LogP contribution in [-0.2, 0) is 11.3 Å². The topological polar surface area (TPSA) is 116 Å². The van der Waals surface area contributed by atoms with Crippen LogP contribution in [-0.4, -0.2) is 51.0 Å². The molecule has 0 bridgehead atoms. The number of imidazole rings is 1. The Labute approximate surface area is 110 Å². The van der Waals surface area contributed by atoms with Gasteiger partial charge in [-0.2, -0.15) is 0 Å². The summed E-state index contributed by atoms with van der Waals surface area (Å²) in [6.45, 7) is 0.854. The summed E-state index contributed by atoms with van der Waals surface area (Å²) in [5, 5.41) is 22.3. The SMILES string of the molecule is O=C(NCCCn1ccnc1)N[C@H](CCO)C(=O)O. The minimum atomic E-state index is -1.16. The second-order valence-electron chi connectivity index (χ2n) is 3.96. The maximum atomic E-state index is 11.4. The number of urea groups is 1. The molecule has 2 amide bonds. The maximum absolute atomic E-state index is 11.4. The number of carbonyl (C=O) groups excluding carboxylic acids is 1. The number of rotatable bonds is 8. The van der Waals surface area contributed by atoms with Crippen LogP contribution < -0.4 is 10.6 Å². The Balaban J connectivity index is 2.17. The summed E-state index contributed by atoms with van der Waals surface area (Å²) in [4.78, 5) is 26.0. The predicted octanol–water partition coefficient (Wildman–Crippen LogP) is -0.592. The molecule has 1 rings (SSSR count). The molecule has 0 fully saturated rings. The average Bonchev–Trinajstić information content (AvgIpc) is 2.87. The molecule has 1 aromatic heterocycles. The van der Waals surface area contributed by atoms with Crippen molar-refractivity contribution in [1.82, 2.24) is 20.2 Å². The second-order valence-corrected chi connectivity index (χ2v) is 3.96. The van der Waals surface area contributed by atoms with Crippen molar-refractivity contribution >= 4 is 12.0 Å². The molecule has 0 saturated carbocycles. The number of carbonyl (C=O) groups is 2. The molecule has 0 saturated heterocycles. The average molecular weight is 270 g/mol. The molecule has 0 aliphatic rings. The summed E-state index contributed by atoms with van der Waals surface area (Å²) in [5.41, 5.74) is 0. The molecule has 0 aliphatic heterocycles. The molecule has 19 heavy (non-hydrogen) atoms. The van der Waals surface area contributed by atoms with Crippen molar-refractivity contribution in [3.8, 4) is 0 Å². The lowest BCUT2D eigenvalue weighted by Crippen LogP contribution is -2.46. The van der Waals surface area contributed by atoms with Crippen molar-refractivity contribution in [3.63, 3.8) is 0 Å². The molecule has 1 heterocycles. The lowest BCUT2D eigenvalue weighted by atomic mass is 10.2. The first-order valence-corrected chi connectivity index (χ1v) is 5.97. The number of nitrogens with one attached hydrogen (secondary N) is 2. The first-order chi connectivity index (χ1) is 9.13. The van der Waals surface area contributed by atoms with Crippen molar-refractivity contribution in [2.45, 2.75) is 25.4 Å². The van der Waals surface area contributed by atoms with Crippen LogP contribution in [0, 0.1) is 0 Å². The third-order valence-electron chi connectivity index (χ3n) is 2.46. The number of hydrogen-bond donors (Lipinski definition) is 4. The smallest absolute Gasteiger partial charge is 0.326 e. The van der Waals surface area contributed by atoms with E-state index in [1.54, 1.807) is 12.5 Å². The van der Waals surface area contributed by atoms with Crippen molar-refractivity contribution in [3.05, 3.63) is 18.7 Å². The Kier molecular flexibility index (Phi) is 6.37. The molecule has 0 radical (unpaired) electrons. The van der Waals surface area contributed by atoms with Crippen LogP contribution in [0.1, 0.15) is 12.8 Å². The van der Waals surface area contributed by atoms with E-state index in [1.165, 1.54) is 0 Å². The molecule has 4 N–H and O–H groups in total. The zero-order valence-corrected chi connectivity index (χ0v) is 10.5. The summed E-state index contributed by atoms with van der Waals surface area (Å²) >= 11 is 0. The zero-order chi connectivity index (χ0) is 14.1. The Morgan fingerprint density at radius 2 is 2.21 bits per heavy atom. The van der Waals surface area contributed by atoms with E-state index >= 15 is 0 Å². The van der Waals surface area contributed by atoms with E-state index < -0.39 is 18.0 Å². The van der Waals surface area contributed by atoms with E-state index in [0.717, 1.165) is 6.54 Å². The quantitative estimate of drug-likeness (QED) is 0.471. The third-order valence-corrected chi connectivity index (χ3v) is 2.46. The van der Waals surface area contributed by atoms with E-state index in [0.29, 0.717) is 13.0 Å². The molecule has 106 valence electrons. The number of aliphatic carboxylic acids is 1. The lowest BCUT2D eigenvalue weighted by Gasteiger charge is -2.13. The van der Waals surface area contributed by atoms with Gasteiger partial charge in [0.05, 0.1) is 6.33 Å². The van der Waals surface area contributed by atoms with E-state index in [9.17, 15) is 9.59 Å². The Hall–Kier alpha value is -2.09. The molecule has 0 spiro atoms. The number of aliphatic hydroxyl groups is 1. The molecule has 1 aromatic rings. The normalized spacial score (nSPS) is 11.8. The summed E-state index contributed by atoms with van der Waals surface area (Å²) < 4.78 is 1.88. The van der Waals surface area contributed by atoms with Crippen molar-refractivity contribution in [2.24, 2.45) is 0 Å². The largest absolute Gasteiger partial charge is 0.480 e. The summed E-state index contributed by atoms with van der Waals surface area (Å²) in [6, 6.07) is -1.62. The first kappa shape index (κ1) is 15.0. The second kappa shape index (κ2) is 8.09. The highest BCUT2D eigenvalue weighted by Crippen LogP contribution is 1.92. The van der Waals surface area contributed by atoms with Gasteiger partial charge in [0, 0.05) is 38.5 Å². The Morgan fingerprint density at radius 1 is 1.42 bits per heavy atom. The molecular formula is C11H18N4O4. The first-order valence-electron chi connectivity index (χ1n) is 5.97. The van der Waals surface area contributed by atoms with Crippen molar-refractivity contribution in [1.29, 1.82) is 0 Å². The minimum Gasteiger partial charge on any atom is -0.480 e. The highest BCUT2D eigenvalue weighted by Gasteiger charge is 2.18. The van der Waals surface area contributed by atoms with Gasteiger partial charge in [0.25, 0.3) is 0 Å². The van der Waals surface area contributed by atoms with E-state index in [1.807, 2.05) is 10.8 Å². The van der Waals surface area contributed by atoms with E-state index in [-0.39, 0.29) is 13.0 Å². The van der Waals surface area contributed by atoms with Gasteiger partial charge in [-0.05, 0) is 6.42 Å². The lowest BCUT2D eigenvalue weighted by molar-refractivity contribution is -0.139. The highest BCUT2D eigenvalue weighted by atomic mass is 16.4. The zero-order valence-electron chi connectivity index (χ0n) is 10.5. The molecule has 8 nitrogen and oxygen atoms in total. The van der Waals surface area contributed by atoms with Gasteiger partial charge in [0.2, 0.25) is 0 Å². The third kappa shape index (κ3) is 5.87. The molecule has 0 aliphatic carbocycles. The van der Waals surface area contributed by atoms with Gasteiger partial charge in [-0.1, -0.05) is 0 Å². The van der Waals surface area contributed by atoms with Crippen molar-refractivity contribution in [2.75, 3.05) is 13.2 Å². The van der Waals surface area contributed by atoms with Gasteiger partial charge in [-0.3, -0.25) is 0 Å². The number of amides is 2. The van der Waals surface area contributed by atoms with Crippen LogP contribution in [0.5, 0.6) is 0 Å². The van der Waals surface area contributed by atoms with Crippen LogP contribution in [0.15, 0.2) is 18.7 Å². The van der Waals surface area contributed by atoms with Gasteiger partial charge < -0.3 is 25.4 Å². The standard InChI is InChI=1S/C11H18N4O4/c16-7-2-9(10(17)18)14-11(19)13-3-1-5-15-6-4-12-8-15/h4,6,8-9,16H,1-3,5,7H2,(H,17,18)(H2,13,14,19)/t9-/m1/s1. The van der Waals surface area contributed by atoms with Gasteiger partial charge in [0.1, 0.15) is 6.04 Å². The minimum absolute atomic E-state index is 0.0161. The fourth-order valence-corrected chi connectivity index (χ4v) is 1.48. The van der Waals surface area contributed by atoms with Crippen LogP contribution >= 0.6 is 0 Å². The molecule has 8 heteroatoms. The fourth-order valence-electron chi connectivity index (χ4n) is 1.48. The summed E-state index contributed by atoms with van der Waals surface area (Å²) in [5.74, 6) is -1.16. The van der Waals surface area contributed by atoms with Gasteiger partial charge >= 0.3 is 12.0 Å². The maximum Gasteiger partial charge on any atom is 0.326 e. The fraction of sp³-hybridized carbons (Fsp3) is 0.545. The number of carboxylic acids is 1. The monoisotopic (exact) mass is 270 g/mol. The Morgan fingerprint density at radius 3 is 2.79 bits per heavy atom. The number of aryl methyl sites for hydroxylation is 1. The van der Waals surface area contributed by atoms with Gasteiger partial charge in [0.15, 0.2) is 0 Å². The number of aromatic nitrogens is 2. The molecule has 0 unspecified atom stereocenters. The Bertz CT molecular complexity index is 393. The summed E-state index contributed by atoms with van der Waals surface area (Å²) in [6.07, 6.45) is 5.87. The molecule has 0 aromatic carbocycles. The van der Waals surface area contributed by atoms with Crippen LogP contribution in [0.2, 0.25) is 0 Å². The number of carboxylic acid groups (broad SMARTS) is 1. The van der Waals surface area contributed by atoms with Crippen LogP contribution in [0.4, 0.5) is 4.79 Å². The van der Waals surface area contributed by atoms with E-state index in [4.69, 9.17) is 10.2 Å². The van der Waals surface area contributed by atoms with Gasteiger partial charge in [-0.25, -0.2) is 14.6 Å². The molecular weight excluding hydrogens is 252 g/mol. The van der Waals surface area contributed by atoms with Gasteiger partial charge in [-0.15, -0.1) is 0 Å². The predicted molar refractivity (Wildman–Crippen MR) is 66.5 cm³/mol. The highest BCUT2D eigenvalue weighted by molar-refractivity contribution is 5.82. The number of nitrogens with zero attached hydrogens (tertiary/aromatic N) is 2. The van der Waals surface area contributed by atoms with Crippen molar-refractivity contribution < 1.29 is 19.8 Å². The molecule has 1 atom stereocenters. The number of hydrogen-bond acceptors (Lipinski definition) is 4. The van der Waals surface area contributed by atoms with Crippen LogP contribution in [0.3, 0.4) is 0 Å². The number of aliphatic hydroxyl groups excluding tert-OH is 1. The van der Waals surface area contributed by atoms with Crippen LogP contribution in [0.25, 0.3) is 0 Å². The van der Waals surface area contributed by atoms with E-state index in [2.05, 4.69) is 15.6 Å². The summed E-state index contributed by atoms with van der Waals surface area (Å²) in [7, 11) is 0.